The van der Waals surface area contributed by atoms with E-state index < -0.39 is 21.7 Å². The molecule has 180 valence electrons. The molecule has 4 aromatic rings. The van der Waals surface area contributed by atoms with Crippen LogP contribution in [0.2, 0.25) is 0 Å². The molecule has 0 saturated carbocycles. The van der Waals surface area contributed by atoms with Crippen LogP contribution in [-0.4, -0.2) is 28.9 Å². The summed E-state index contributed by atoms with van der Waals surface area (Å²) in [5, 5.41) is 4.16. The largest absolute Gasteiger partial charge is 0.404 e. The molecule has 0 aliphatic heterocycles. The first-order valence-electron chi connectivity index (χ1n) is 10.7. The van der Waals surface area contributed by atoms with Crippen molar-refractivity contribution < 1.29 is 17.2 Å². The SMILES string of the molecule is CCS(=O)(=O)Nc1cc(C(=CN)c2ccc(-c3cnn(C)c3)cn2)cc(-c2ccc(F)cc2F)c1. The molecule has 0 aliphatic carbocycles. The minimum absolute atomic E-state index is 0.112. The summed E-state index contributed by atoms with van der Waals surface area (Å²) in [6, 6.07) is 11.6. The van der Waals surface area contributed by atoms with E-state index in [0.717, 1.165) is 23.3 Å². The monoisotopic (exact) mass is 495 g/mol. The summed E-state index contributed by atoms with van der Waals surface area (Å²) >= 11 is 0. The van der Waals surface area contributed by atoms with Gasteiger partial charge in [0.25, 0.3) is 0 Å². The minimum Gasteiger partial charge on any atom is -0.404 e. The third kappa shape index (κ3) is 5.38. The van der Waals surface area contributed by atoms with E-state index in [4.69, 9.17) is 5.73 Å². The highest BCUT2D eigenvalue weighted by Crippen LogP contribution is 2.33. The molecule has 0 radical (unpaired) electrons. The standard InChI is InChI=1S/C25H23F2N5O2S/c1-3-35(33,34)31-21-9-17(22-6-5-20(26)11-24(22)27)8-18(10-21)23(12-28)25-7-4-16(13-29-25)19-14-30-32(2)15-19/h4-15,31H,3,28H2,1-2H3. The van der Waals surface area contributed by atoms with Crippen molar-refractivity contribution in [2.45, 2.75) is 6.92 Å². The van der Waals surface area contributed by atoms with Gasteiger partial charge in [0.1, 0.15) is 11.6 Å². The van der Waals surface area contributed by atoms with Crippen LogP contribution in [0.4, 0.5) is 14.5 Å². The minimum atomic E-state index is -3.61. The van der Waals surface area contributed by atoms with Crippen molar-refractivity contribution in [3.05, 3.63) is 96.2 Å². The third-order valence-corrected chi connectivity index (χ3v) is 6.69. The number of halogens is 2. The third-order valence-electron chi connectivity index (χ3n) is 5.38. The van der Waals surface area contributed by atoms with Crippen LogP contribution in [0.1, 0.15) is 18.2 Å². The molecule has 0 amide bonds. The van der Waals surface area contributed by atoms with Crippen LogP contribution in [0.3, 0.4) is 0 Å². The highest BCUT2D eigenvalue weighted by atomic mass is 32.2. The molecule has 0 fully saturated rings. The first-order valence-corrected chi connectivity index (χ1v) is 12.3. The number of nitrogens with one attached hydrogen (secondary N) is 1. The Morgan fingerprint density at radius 3 is 2.46 bits per heavy atom. The fourth-order valence-electron chi connectivity index (χ4n) is 3.60. The second kappa shape index (κ2) is 9.67. The van der Waals surface area contributed by atoms with Crippen LogP contribution in [0.25, 0.3) is 27.8 Å². The number of nitrogens with zero attached hydrogens (tertiary/aromatic N) is 3. The van der Waals surface area contributed by atoms with Crippen molar-refractivity contribution in [3.63, 3.8) is 0 Å². The van der Waals surface area contributed by atoms with Crippen LogP contribution in [0, 0.1) is 11.6 Å². The Hall–Kier alpha value is -4.05. The molecule has 4 rings (SSSR count). The van der Waals surface area contributed by atoms with Gasteiger partial charge in [-0.15, -0.1) is 0 Å². The van der Waals surface area contributed by atoms with Gasteiger partial charge in [-0.05, 0) is 54.4 Å². The Labute approximate surface area is 202 Å². The highest BCUT2D eigenvalue weighted by molar-refractivity contribution is 7.92. The van der Waals surface area contributed by atoms with E-state index in [-0.39, 0.29) is 17.0 Å². The molecule has 0 unspecified atom stereocenters. The van der Waals surface area contributed by atoms with Crippen LogP contribution in [0.5, 0.6) is 0 Å². The van der Waals surface area contributed by atoms with Crippen molar-refractivity contribution in [1.82, 2.24) is 14.8 Å². The molecular weight excluding hydrogens is 472 g/mol. The van der Waals surface area contributed by atoms with Gasteiger partial charge in [-0.25, -0.2) is 17.2 Å². The van der Waals surface area contributed by atoms with E-state index >= 15 is 0 Å². The molecule has 2 aromatic heterocycles. The predicted octanol–water partition coefficient (Wildman–Crippen LogP) is 4.54. The lowest BCUT2D eigenvalue weighted by atomic mass is 9.96. The van der Waals surface area contributed by atoms with Crippen molar-refractivity contribution >= 4 is 21.3 Å². The number of rotatable bonds is 7. The molecule has 3 N–H and O–H groups in total. The molecule has 0 bridgehead atoms. The second-order valence-corrected chi connectivity index (χ2v) is 9.85. The van der Waals surface area contributed by atoms with Gasteiger partial charge in [-0.1, -0.05) is 6.07 Å². The van der Waals surface area contributed by atoms with E-state index in [2.05, 4.69) is 14.8 Å². The summed E-state index contributed by atoms with van der Waals surface area (Å²) in [5.74, 6) is -1.63. The van der Waals surface area contributed by atoms with Crippen molar-refractivity contribution in [1.29, 1.82) is 0 Å². The lowest BCUT2D eigenvalue weighted by Gasteiger charge is -2.14. The maximum atomic E-state index is 14.6. The maximum absolute atomic E-state index is 14.6. The number of benzene rings is 2. The van der Waals surface area contributed by atoms with E-state index in [1.165, 1.54) is 25.3 Å². The number of nitrogens with two attached hydrogens (primary N) is 1. The van der Waals surface area contributed by atoms with Gasteiger partial charge in [0, 0.05) is 59.7 Å². The van der Waals surface area contributed by atoms with E-state index in [0.29, 0.717) is 22.4 Å². The molecule has 0 spiro atoms. The number of pyridine rings is 1. The number of aromatic nitrogens is 3. The fraction of sp³-hybridized carbons (Fsp3) is 0.120. The lowest BCUT2D eigenvalue weighted by Crippen LogP contribution is -2.14. The van der Waals surface area contributed by atoms with Crippen LogP contribution < -0.4 is 10.5 Å². The molecule has 0 saturated heterocycles. The molecule has 35 heavy (non-hydrogen) atoms. The molecule has 2 heterocycles. The number of hydrogen-bond donors (Lipinski definition) is 2. The smallest absolute Gasteiger partial charge is 0.232 e. The Bertz CT molecular complexity index is 1510. The van der Waals surface area contributed by atoms with Gasteiger partial charge in [0.15, 0.2) is 0 Å². The quantitative estimate of drug-likeness (QED) is 0.392. The Kier molecular flexibility index (Phi) is 6.65. The number of anilines is 1. The number of aryl methyl sites for hydroxylation is 1. The van der Waals surface area contributed by atoms with Gasteiger partial charge in [0.05, 0.1) is 17.6 Å². The van der Waals surface area contributed by atoms with Gasteiger partial charge < -0.3 is 5.73 Å². The van der Waals surface area contributed by atoms with Crippen molar-refractivity contribution in [3.8, 4) is 22.3 Å². The summed E-state index contributed by atoms with van der Waals surface area (Å²) in [6.45, 7) is 1.51. The average Bonchev–Trinajstić information content (AvgIpc) is 3.26. The van der Waals surface area contributed by atoms with Crippen LogP contribution in [0.15, 0.2) is 73.3 Å². The van der Waals surface area contributed by atoms with Gasteiger partial charge in [0.2, 0.25) is 10.0 Å². The number of hydrogen-bond acceptors (Lipinski definition) is 5. The maximum Gasteiger partial charge on any atom is 0.232 e. The summed E-state index contributed by atoms with van der Waals surface area (Å²) in [6.07, 6.45) is 6.62. The lowest BCUT2D eigenvalue weighted by molar-refractivity contribution is 0.585. The Morgan fingerprint density at radius 2 is 1.86 bits per heavy atom. The van der Waals surface area contributed by atoms with E-state index in [9.17, 15) is 17.2 Å². The van der Waals surface area contributed by atoms with Gasteiger partial charge in [-0.3, -0.25) is 14.4 Å². The van der Waals surface area contributed by atoms with Gasteiger partial charge >= 0.3 is 0 Å². The van der Waals surface area contributed by atoms with Crippen molar-refractivity contribution in [2.24, 2.45) is 12.8 Å². The highest BCUT2D eigenvalue weighted by Gasteiger charge is 2.16. The Morgan fingerprint density at radius 1 is 1.06 bits per heavy atom. The molecule has 0 atom stereocenters. The summed E-state index contributed by atoms with van der Waals surface area (Å²) in [7, 11) is -1.79. The molecule has 0 aliphatic rings. The zero-order valence-electron chi connectivity index (χ0n) is 19.0. The number of sulfonamides is 1. The van der Waals surface area contributed by atoms with Crippen LogP contribution >= 0.6 is 0 Å². The molecular formula is C25H23F2N5O2S. The zero-order chi connectivity index (χ0) is 25.2. The first kappa shape index (κ1) is 24.1. The first-order chi connectivity index (χ1) is 16.7. The topological polar surface area (TPSA) is 103 Å². The van der Waals surface area contributed by atoms with E-state index in [1.54, 1.807) is 35.3 Å². The predicted molar refractivity (Wildman–Crippen MR) is 133 cm³/mol. The summed E-state index contributed by atoms with van der Waals surface area (Å²) < 4.78 is 56.7. The second-order valence-electron chi connectivity index (χ2n) is 7.84. The van der Waals surface area contributed by atoms with E-state index in [1.807, 2.05) is 19.3 Å². The molecule has 2 aromatic carbocycles. The Balaban J connectivity index is 1.80. The fourth-order valence-corrected chi connectivity index (χ4v) is 4.22. The van der Waals surface area contributed by atoms with Crippen LogP contribution in [-0.2, 0) is 17.1 Å². The molecule has 10 heteroatoms. The van der Waals surface area contributed by atoms with Gasteiger partial charge in [-0.2, -0.15) is 5.10 Å². The normalized spacial score (nSPS) is 12.1. The zero-order valence-corrected chi connectivity index (χ0v) is 19.9. The average molecular weight is 496 g/mol. The summed E-state index contributed by atoms with van der Waals surface area (Å²) in [4.78, 5) is 4.52. The molecule has 7 nitrogen and oxygen atoms in total. The van der Waals surface area contributed by atoms with Crippen molar-refractivity contribution in [2.75, 3.05) is 10.5 Å². The summed E-state index contributed by atoms with van der Waals surface area (Å²) in [5.41, 5.74) is 9.92.